The molecule has 2 N–H and O–H groups in total. The second-order valence-corrected chi connectivity index (χ2v) is 13.1. The summed E-state index contributed by atoms with van der Waals surface area (Å²) in [5.74, 6) is -1.73. The van der Waals surface area contributed by atoms with Crippen LogP contribution in [0.3, 0.4) is 0 Å². The fourth-order valence-corrected chi connectivity index (χ4v) is 8.52. The van der Waals surface area contributed by atoms with Crippen molar-refractivity contribution in [3.8, 4) is 0 Å². The summed E-state index contributed by atoms with van der Waals surface area (Å²) >= 11 is 0. The van der Waals surface area contributed by atoms with E-state index in [1.54, 1.807) is 6.92 Å². The highest BCUT2D eigenvalue weighted by Crippen LogP contribution is 2.63. The average Bonchev–Trinajstić information content (AvgIpc) is 3.16. The molecule has 0 spiro atoms. The Labute approximate surface area is 230 Å². The van der Waals surface area contributed by atoms with E-state index in [-0.39, 0.29) is 41.1 Å². The highest BCUT2D eigenvalue weighted by molar-refractivity contribution is 5.89. The van der Waals surface area contributed by atoms with Gasteiger partial charge in [-0.3, -0.25) is 0 Å². The summed E-state index contributed by atoms with van der Waals surface area (Å²) in [5.41, 5.74) is 0.167. The molecule has 4 aliphatic rings. The average molecular weight is 541 g/mol. The minimum atomic E-state index is -1.77. The van der Waals surface area contributed by atoms with Crippen LogP contribution in [-0.4, -0.2) is 46.1 Å². The van der Waals surface area contributed by atoms with E-state index in [2.05, 4.69) is 40.3 Å². The zero-order valence-electron chi connectivity index (χ0n) is 23.5. The third kappa shape index (κ3) is 4.46. The van der Waals surface area contributed by atoms with Crippen molar-refractivity contribution in [1.82, 2.24) is 0 Å². The van der Waals surface area contributed by atoms with E-state index in [0.29, 0.717) is 24.0 Å². The molecular weight excluding hydrogens is 499 g/mol. The van der Waals surface area contributed by atoms with Crippen LogP contribution in [0.1, 0.15) is 70.7 Å². The first-order valence-corrected chi connectivity index (χ1v) is 14.2. The van der Waals surface area contributed by atoms with Crippen molar-refractivity contribution in [2.45, 2.75) is 84.2 Å². The lowest BCUT2D eigenvalue weighted by atomic mass is 9.53. The van der Waals surface area contributed by atoms with E-state index in [4.69, 9.17) is 9.47 Å². The van der Waals surface area contributed by atoms with Gasteiger partial charge < -0.3 is 19.7 Å². The van der Waals surface area contributed by atoms with Gasteiger partial charge in [-0.05, 0) is 98.5 Å². The molecule has 1 saturated heterocycles. The highest BCUT2D eigenvalue weighted by atomic mass is 19.1. The number of rotatable bonds is 3. The van der Waals surface area contributed by atoms with E-state index in [0.717, 1.165) is 12.8 Å². The number of esters is 2. The van der Waals surface area contributed by atoms with Crippen LogP contribution in [0.25, 0.3) is 0 Å². The maximum absolute atomic E-state index is 13.4. The number of ether oxygens (including phenoxy) is 2. The second-order valence-electron chi connectivity index (χ2n) is 13.1. The van der Waals surface area contributed by atoms with Gasteiger partial charge in [0.15, 0.2) is 6.10 Å². The lowest BCUT2D eigenvalue weighted by Gasteiger charge is -2.54. The van der Waals surface area contributed by atoms with Crippen molar-refractivity contribution in [1.29, 1.82) is 0 Å². The first kappa shape index (κ1) is 28.0. The molecule has 6 nitrogen and oxygen atoms in total. The Morgan fingerprint density at radius 2 is 1.85 bits per heavy atom. The number of benzene rings is 1. The number of carbonyl (C=O) groups is 2. The van der Waals surface area contributed by atoms with Crippen molar-refractivity contribution < 1.29 is 33.7 Å². The minimum Gasteiger partial charge on any atom is -0.460 e. The Morgan fingerprint density at radius 1 is 1.18 bits per heavy atom. The molecule has 1 aromatic carbocycles. The number of hydrogen-bond acceptors (Lipinski definition) is 6. The van der Waals surface area contributed by atoms with Crippen molar-refractivity contribution in [3.05, 3.63) is 59.4 Å². The summed E-state index contributed by atoms with van der Waals surface area (Å²) in [6.45, 7) is 14.8. The number of allylic oxidation sites excluding steroid dienone is 2. The van der Waals surface area contributed by atoms with Crippen LogP contribution >= 0.6 is 0 Å². The second kappa shape index (κ2) is 9.84. The number of fused-ring (bicyclic) bond motifs is 3. The largest absolute Gasteiger partial charge is 0.460 e. The molecule has 1 aromatic rings. The lowest BCUT2D eigenvalue weighted by Crippen LogP contribution is -2.63. The maximum atomic E-state index is 13.4. The first-order chi connectivity index (χ1) is 18.3. The Kier molecular flexibility index (Phi) is 7.08. The van der Waals surface area contributed by atoms with E-state index in [9.17, 15) is 24.2 Å². The fraction of sp³-hybridized carbons (Fsp3) is 0.625. The fourth-order valence-electron chi connectivity index (χ4n) is 8.52. The normalized spacial score (nSPS) is 43.3. The molecule has 5 rings (SSSR count). The summed E-state index contributed by atoms with van der Waals surface area (Å²) in [4.78, 5) is 25.6. The van der Waals surface area contributed by atoms with Crippen LogP contribution < -0.4 is 0 Å². The Hall–Kier alpha value is -2.51. The molecule has 39 heavy (non-hydrogen) atoms. The summed E-state index contributed by atoms with van der Waals surface area (Å²) in [6.07, 6.45) is 2.33. The minimum absolute atomic E-state index is 0.0773. The van der Waals surface area contributed by atoms with Gasteiger partial charge in [0.1, 0.15) is 23.6 Å². The maximum Gasteiger partial charge on any atom is 0.338 e. The molecule has 1 heterocycles. The highest BCUT2D eigenvalue weighted by Gasteiger charge is 2.62. The van der Waals surface area contributed by atoms with Gasteiger partial charge in [0.2, 0.25) is 0 Å². The van der Waals surface area contributed by atoms with Gasteiger partial charge in [-0.15, -0.1) is 0 Å². The van der Waals surface area contributed by atoms with Gasteiger partial charge in [-0.2, -0.15) is 0 Å². The molecular formula is C32H41FO6. The monoisotopic (exact) mass is 540 g/mol. The molecule has 3 aliphatic carbocycles. The van der Waals surface area contributed by atoms with Crippen LogP contribution in [-0.2, 0) is 14.3 Å². The van der Waals surface area contributed by atoms with Crippen LogP contribution in [0.2, 0.25) is 0 Å². The first-order valence-electron chi connectivity index (χ1n) is 14.2. The van der Waals surface area contributed by atoms with Crippen LogP contribution in [0.15, 0.2) is 48.1 Å². The lowest BCUT2D eigenvalue weighted by molar-refractivity contribution is -0.209. The van der Waals surface area contributed by atoms with Crippen LogP contribution in [0.4, 0.5) is 4.39 Å². The van der Waals surface area contributed by atoms with Crippen LogP contribution in [0.5, 0.6) is 0 Å². The predicted octanol–water partition coefficient (Wildman–Crippen LogP) is 5.24. The van der Waals surface area contributed by atoms with Crippen LogP contribution in [0, 0.1) is 46.7 Å². The van der Waals surface area contributed by atoms with Gasteiger partial charge in [0.05, 0.1) is 5.56 Å². The standard InChI is InChI=1S/C32H41FO6/c1-16(2)27-25-13-22-18(4)32(37)24(19(5)38-30(36)28(32)34)12-7-17(3)23(22)14-31(25,6)15-26(27)39-29(35)20-8-10-21(33)11-9-20/h7-11,16,19,22-28,34,37H,4,12-15H2,1-3,5-6H3/b17-7-. The van der Waals surface area contributed by atoms with Gasteiger partial charge in [0.25, 0.3) is 0 Å². The van der Waals surface area contributed by atoms with Gasteiger partial charge in [0, 0.05) is 11.8 Å². The summed E-state index contributed by atoms with van der Waals surface area (Å²) < 4.78 is 24.9. The third-order valence-corrected chi connectivity index (χ3v) is 10.6. The number of carbonyl (C=O) groups excluding carboxylic acids is 2. The van der Waals surface area contributed by atoms with Gasteiger partial charge in [-0.25, -0.2) is 14.0 Å². The topological polar surface area (TPSA) is 93.1 Å². The van der Waals surface area contributed by atoms with Gasteiger partial charge in [-0.1, -0.05) is 39.0 Å². The van der Waals surface area contributed by atoms with Crippen molar-refractivity contribution in [2.24, 2.45) is 40.9 Å². The zero-order valence-corrected chi connectivity index (χ0v) is 23.5. The summed E-state index contributed by atoms with van der Waals surface area (Å²) in [7, 11) is 0. The number of hydrogen-bond donors (Lipinski definition) is 2. The van der Waals surface area contributed by atoms with E-state index in [1.807, 2.05) is 0 Å². The van der Waals surface area contributed by atoms with Gasteiger partial charge >= 0.3 is 11.9 Å². The zero-order chi connectivity index (χ0) is 28.4. The van der Waals surface area contributed by atoms with E-state index in [1.165, 1.54) is 29.8 Å². The molecule has 1 aliphatic heterocycles. The molecule has 0 bridgehead atoms. The predicted molar refractivity (Wildman–Crippen MR) is 144 cm³/mol. The molecule has 10 atom stereocenters. The molecule has 7 heteroatoms. The Bertz CT molecular complexity index is 1190. The molecule has 10 unspecified atom stereocenters. The number of aliphatic hydroxyl groups excluding tert-OH is 1. The molecule has 0 radical (unpaired) electrons. The van der Waals surface area contributed by atoms with Crippen molar-refractivity contribution in [2.75, 3.05) is 0 Å². The van der Waals surface area contributed by atoms with E-state index >= 15 is 0 Å². The molecule has 3 fully saturated rings. The number of halogens is 1. The SMILES string of the molecule is C=C1C2CC3C(C(C)C)C(OC(=O)c4ccc(F)cc4)CC3(C)CC2/C(C)=C\CC2C(C)OC(=O)C(O)C12O. The molecule has 212 valence electrons. The Morgan fingerprint density at radius 3 is 2.49 bits per heavy atom. The molecule has 2 saturated carbocycles. The quantitative estimate of drug-likeness (QED) is 0.403. The third-order valence-electron chi connectivity index (χ3n) is 10.6. The Balaban J connectivity index is 1.48. The van der Waals surface area contributed by atoms with E-state index < -0.39 is 41.5 Å². The number of cyclic esters (lactones) is 1. The number of aliphatic hydroxyl groups is 2. The van der Waals surface area contributed by atoms with Crippen molar-refractivity contribution >= 4 is 11.9 Å². The molecule has 0 amide bonds. The van der Waals surface area contributed by atoms with Crippen molar-refractivity contribution in [3.63, 3.8) is 0 Å². The smallest absolute Gasteiger partial charge is 0.338 e. The summed E-state index contributed by atoms with van der Waals surface area (Å²) in [5, 5.41) is 23.0. The molecule has 0 aromatic heterocycles. The summed E-state index contributed by atoms with van der Waals surface area (Å²) in [6, 6.07) is 5.42.